The lowest BCUT2D eigenvalue weighted by molar-refractivity contribution is -0.141. The first-order valence-electron chi connectivity index (χ1n) is 5.70. The van der Waals surface area contributed by atoms with E-state index < -0.39 is 0 Å². The van der Waals surface area contributed by atoms with Gasteiger partial charge in [0, 0.05) is 17.1 Å². The van der Waals surface area contributed by atoms with Crippen LogP contribution in [-0.2, 0) is 16.1 Å². The van der Waals surface area contributed by atoms with Gasteiger partial charge in [0.15, 0.2) is 5.43 Å². The van der Waals surface area contributed by atoms with Crippen LogP contribution < -0.4 is 5.43 Å². The minimum Gasteiger partial charge on any atom is -0.468 e. The molecule has 0 amide bonds. The number of ether oxygens (including phenoxy) is 1. The van der Waals surface area contributed by atoms with Gasteiger partial charge < -0.3 is 9.30 Å². The highest BCUT2D eigenvalue weighted by Gasteiger charge is 2.09. The van der Waals surface area contributed by atoms with Gasteiger partial charge in [-0.1, -0.05) is 11.6 Å². The molecular weight excluding hydrogens is 230 g/mol. The molecule has 1 heterocycles. The van der Waals surface area contributed by atoms with Crippen LogP contribution in [0.5, 0.6) is 0 Å². The summed E-state index contributed by atoms with van der Waals surface area (Å²) in [5, 5.41) is 0.638. The minimum absolute atomic E-state index is 0.00909. The fourth-order valence-electron chi connectivity index (χ4n) is 1.99. The Bertz CT molecular complexity index is 671. The molecule has 0 spiro atoms. The van der Waals surface area contributed by atoms with Gasteiger partial charge in [0.05, 0.1) is 12.6 Å². The van der Waals surface area contributed by atoms with Crippen molar-refractivity contribution in [3.05, 3.63) is 45.7 Å². The van der Waals surface area contributed by atoms with Gasteiger partial charge in [-0.3, -0.25) is 9.59 Å². The molecule has 0 aliphatic rings. The third-order valence-corrected chi connectivity index (χ3v) is 2.94. The van der Waals surface area contributed by atoms with Crippen LogP contribution in [0.25, 0.3) is 10.9 Å². The average Bonchev–Trinajstić information content (AvgIpc) is 2.35. The monoisotopic (exact) mass is 245 g/mol. The van der Waals surface area contributed by atoms with Crippen molar-refractivity contribution >= 4 is 16.9 Å². The number of methoxy groups -OCH3 is 1. The third kappa shape index (κ3) is 2.14. The summed E-state index contributed by atoms with van der Waals surface area (Å²) in [5.41, 5.74) is 2.41. The fraction of sp³-hybridized carbons (Fsp3) is 0.286. The van der Waals surface area contributed by atoms with E-state index >= 15 is 0 Å². The molecule has 4 nitrogen and oxygen atoms in total. The summed E-state index contributed by atoms with van der Waals surface area (Å²) < 4.78 is 6.41. The van der Waals surface area contributed by atoms with Gasteiger partial charge in [-0.25, -0.2) is 0 Å². The second-order valence-corrected chi connectivity index (χ2v) is 4.37. The van der Waals surface area contributed by atoms with Crippen molar-refractivity contribution in [3.8, 4) is 0 Å². The van der Waals surface area contributed by atoms with Crippen molar-refractivity contribution in [2.75, 3.05) is 7.11 Å². The number of aryl methyl sites for hydroxylation is 2. The molecule has 0 bridgehead atoms. The summed E-state index contributed by atoms with van der Waals surface area (Å²) in [7, 11) is 1.35. The van der Waals surface area contributed by atoms with E-state index in [0.717, 1.165) is 11.1 Å². The second kappa shape index (κ2) is 4.64. The zero-order chi connectivity index (χ0) is 13.3. The van der Waals surface area contributed by atoms with Gasteiger partial charge in [0.2, 0.25) is 0 Å². The van der Waals surface area contributed by atoms with Gasteiger partial charge >= 0.3 is 5.97 Å². The number of pyridine rings is 1. The molecule has 0 unspecified atom stereocenters. The van der Waals surface area contributed by atoms with Crippen molar-refractivity contribution in [2.45, 2.75) is 20.4 Å². The molecule has 0 saturated heterocycles. The lowest BCUT2D eigenvalue weighted by Gasteiger charge is -2.11. The van der Waals surface area contributed by atoms with E-state index in [9.17, 15) is 9.59 Å². The molecule has 0 saturated carbocycles. The van der Waals surface area contributed by atoms with Gasteiger partial charge in [-0.05, 0) is 26.0 Å². The number of hydrogen-bond acceptors (Lipinski definition) is 3. The number of benzene rings is 1. The van der Waals surface area contributed by atoms with Crippen LogP contribution >= 0.6 is 0 Å². The van der Waals surface area contributed by atoms with Crippen LogP contribution in [0.3, 0.4) is 0 Å². The van der Waals surface area contributed by atoms with E-state index in [4.69, 9.17) is 0 Å². The van der Waals surface area contributed by atoms with E-state index in [0.29, 0.717) is 10.9 Å². The lowest BCUT2D eigenvalue weighted by Crippen LogP contribution is -2.17. The topological polar surface area (TPSA) is 48.3 Å². The van der Waals surface area contributed by atoms with Crippen molar-refractivity contribution in [2.24, 2.45) is 0 Å². The first kappa shape index (κ1) is 12.4. The number of carbonyl (C=O) groups excluding carboxylic acids is 1. The number of hydrogen-bond donors (Lipinski definition) is 0. The Labute approximate surface area is 105 Å². The molecule has 0 radical (unpaired) electrons. The number of nitrogens with zero attached hydrogens (tertiary/aromatic N) is 1. The van der Waals surface area contributed by atoms with Gasteiger partial charge in [-0.15, -0.1) is 0 Å². The highest BCUT2D eigenvalue weighted by molar-refractivity contribution is 5.82. The maximum atomic E-state index is 12.1. The smallest absolute Gasteiger partial charge is 0.325 e. The Kier molecular flexibility index (Phi) is 3.19. The molecule has 0 aliphatic heterocycles. The van der Waals surface area contributed by atoms with Crippen LogP contribution in [0.1, 0.15) is 11.1 Å². The fourth-order valence-corrected chi connectivity index (χ4v) is 1.99. The molecule has 94 valence electrons. The van der Waals surface area contributed by atoms with Crippen LogP contribution in [0.4, 0.5) is 0 Å². The first-order chi connectivity index (χ1) is 8.52. The van der Waals surface area contributed by atoms with Crippen LogP contribution in [0.15, 0.2) is 29.2 Å². The van der Waals surface area contributed by atoms with Crippen molar-refractivity contribution < 1.29 is 9.53 Å². The van der Waals surface area contributed by atoms with Gasteiger partial charge in [0.25, 0.3) is 0 Å². The Morgan fingerprint density at radius 1 is 1.33 bits per heavy atom. The Hall–Kier alpha value is -2.10. The zero-order valence-corrected chi connectivity index (χ0v) is 10.7. The molecule has 0 N–H and O–H groups in total. The summed E-state index contributed by atoms with van der Waals surface area (Å²) in [6, 6.07) is 5.62. The van der Waals surface area contributed by atoms with Gasteiger partial charge in [-0.2, -0.15) is 0 Å². The Morgan fingerprint density at radius 3 is 2.72 bits per heavy atom. The lowest BCUT2D eigenvalue weighted by atomic mass is 10.1. The number of aromatic nitrogens is 1. The number of carbonyl (C=O) groups is 1. The maximum Gasteiger partial charge on any atom is 0.325 e. The molecule has 1 aromatic carbocycles. The van der Waals surface area contributed by atoms with Crippen molar-refractivity contribution in [3.63, 3.8) is 0 Å². The zero-order valence-electron chi connectivity index (χ0n) is 10.7. The summed E-state index contributed by atoms with van der Waals surface area (Å²) in [6.45, 7) is 3.79. The third-order valence-electron chi connectivity index (χ3n) is 2.94. The molecule has 0 fully saturated rings. The average molecular weight is 245 g/mol. The molecule has 1 aromatic heterocycles. The quantitative estimate of drug-likeness (QED) is 0.758. The van der Waals surface area contributed by atoms with E-state index in [1.807, 2.05) is 25.1 Å². The number of rotatable bonds is 2. The predicted molar refractivity (Wildman–Crippen MR) is 69.7 cm³/mol. The van der Waals surface area contributed by atoms with E-state index in [1.165, 1.54) is 7.11 Å². The second-order valence-electron chi connectivity index (χ2n) is 4.37. The van der Waals surface area contributed by atoms with E-state index in [2.05, 4.69) is 4.74 Å². The largest absolute Gasteiger partial charge is 0.468 e. The van der Waals surface area contributed by atoms with Crippen molar-refractivity contribution in [1.82, 2.24) is 4.57 Å². The minimum atomic E-state index is -0.333. The maximum absolute atomic E-state index is 12.1. The van der Waals surface area contributed by atoms with Gasteiger partial charge in [0.1, 0.15) is 6.54 Å². The predicted octanol–water partition coefficient (Wildman–Crippen LogP) is 1.79. The normalized spacial score (nSPS) is 10.6. The standard InChI is InChI=1S/C14H15NO3/c1-9-4-5-12-11(6-9)14(17)10(2)7-15(12)8-13(16)18-3/h4-7H,8H2,1-3H3. The molecular formula is C14H15NO3. The van der Waals surface area contributed by atoms with E-state index in [1.54, 1.807) is 17.7 Å². The molecule has 0 atom stereocenters. The molecule has 18 heavy (non-hydrogen) atoms. The summed E-state index contributed by atoms with van der Waals surface area (Å²) >= 11 is 0. The molecule has 0 aliphatic carbocycles. The highest BCUT2D eigenvalue weighted by atomic mass is 16.5. The Morgan fingerprint density at radius 2 is 2.06 bits per heavy atom. The summed E-state index contributed by atoms with van der Waals surface area (Å²) in [6.07, 6.45) is 1.69. The number of esters is 1. The summed E-state index contributed by atoms with van der Waals surface area (Å²) in [5.74, 6) is -0.333. The number of fused-ring (bicyclic) bond motifs is 1. The Balaban J connectivity index is 2.71. The van der Waals surface area contributed by atoms with Crippen molar-refractivity contribution in [1.29, 1.82) is 0 Å². The first-order valence-corrected chi connectivity index (χ1v) is 5.70. The highest BCUT2D eigenvalue weighted by Crippen LogP contribution is 2.14. The summed E-state index contributed by atoms with van der Waals surface area (Å²) in [4.78, 5) is 23.4. The van der Waals surface area contributed by atoms with Crippen LogP contribution in [0, 0.1) is 13.8 Å². The molecule has 2 rings (SSSR count). The van der Waals surface area contributed by atoms with Crippen LogP contribution in [0.2, 0.25) is 0 Å². The van der Waals surface area contributed by atoms with E-state index in [-0.39, 0.29) is 17.9 Å². The van der Waals surface area contributed by atoms with Crippen LogP contribution in [-0.4, -0.2) is 17.6 Å². The molecule has 2 aromatic rings. The molecule has 4 heteroatoms. The SMILES string of the molecule is COC(=O)Cn1cc(C)c(=O)c2cc(C)ccc21.